The number of hydrogen-bond acceptors (Lipinski definition) is 1. The average Bonchev–Trinajstić information content (AvgIpc) is 2.78. The maximum atomic E-state index is 6.08. The summed E-state index contributed by atoms with van der Waals surface area (Å²) in [6.45, 7) is 0. The summed E-state index contributed by atoms with van der Waals surface area (Å²) in [5.74, 6) is 0. The number of hydrogen-bond donors (Lipinski definition) is 1. The van der Waals surface area contributed by atoms with Crippen molar-refractivity contribution >= 4 is 27.5 Å². The largest absolute Gasteiger partial charge is 0.325 e. The normalized spacial score (nSPS) is 18.7. The van der Waals surface area contributed by atoms with E-state index in [1.165, 1.54) is 0 Å². The molecule has 0 heterocycles. The van der Waals surface area contributed by atoms with Crippen molar-refractivity contribution < 1.29 is 0 Å². The molecule has 1 saturated carbocycles. The van der Waals surface area contributed by atoms with Crippen molar-refractivity contribution in [3.05, 3.63) is 33.3 Å². The van der Waals surface area contributed by atoms with Gasteiger partial charge in [-0.1, -0.05) is 33.6 Å². The molecule has 1 aromatic rings. The molecule has 1 aliphatic carbocycles. The third-order valence-electron chi connectivity index (χ3n) is 2.48. The number of nitrogens with two attached hydrogens (primary N) is 1. The molecule has 0 spiro atoms. The monoisotopic (exact) mass is 259 g/mol. The third kappa shape index (κ3) is 2.06. The highest BCUT2D eigenvalue weighted by Crippen LogP contribution is 2.39. The molecule has 3 heteroatoms. The maximum absolute atomic E-state index is 6.08. The summed E-state index contributed by atoms with van der Waals surface area (Å²) in [4.78, 5) is 0. The van der Waals surface area contributed by atoms with Crippen LogP contribution in [0.1, 0.15) is 18.4 Å². The Labute approximate surface area is 91.4 Å². The van der Waals surface area contributed by atoms with Crippen LogP contribution in [0.15, 0.2) is 22.7 Å². The van der Waals surface area contributed by atoms with E-state index in [1.807, 2.05) is 18.2 Å². The van der Waals surface area contributed by atoms with Crippen LogP contribution in [-0.2, 0) is 6.42 Å². The molecule has 2 N–H and O–H groups in total. The van der Waals surface area contributed by atoms with E-state index >= 15 is 0 Å². The second-order valence-electron chi connectivity index (χ2n) is 3.74. The van der Waals surface area contributed by atoms with E-state index in [2.05, 4.69) is 15.9 Å². The summed E-state index contributed by atoms with van der Waals surface area (Å²) in [5, 5.41) is 0.811. The Balaban J connectivity index is 2.28. The van der Waals surface area contributed by atoms with E-state index in [9.17, 15) is 0 Å². The maximum Gasteiger partial charge on any atom is 0.0449 e. The molecule has 0 radical (unpaired) electrons. The zero-order valence-electron chi connectivity index (χ0n) is 7.19. The average molecular weight is 261 g/mol. The predicted molar refractivity (Wildman–Crippen MR) is 59.0 cm³/mol. The molecule has 1 fully saturated rings. The van der Waals surface area contributed by atoms with Crippen LogP contribution in [0.4, 0.5) is 0 Å². The lowest BCUT2D eigenvalue weighted by Gasteiger charge is -2.11. The van der Waals surface area contributed by atoms with Gasteiger partial charge in [-0.15, -0.1) is 0 Å². The molecule has 0 saturated heterocycles. The molecule has 0 aliphatic heterocycles. The fraction of sp³-hybridized carbons (Fsp3) is 0.400. The number of halogens is 2. The highest BCUT2D eigenvalue weighted by Gasteiger charge is 2.38. The Bertz CT molecular complexity index is 313. The summed E-state index contributed by atoms with van der Waals surface area (Å²) in [6.07, 6.45) is 3.11. The van der Waals surface area contributed by atoms with E-state index in [1.54, 1.807) is 0 Å². The van der Waals surface area contributed by atoms with Crippen LogP contribution < -0.4 is 5.73 Å². The number of rotatable bonds is 2. The molecule has 1 nitrogen and oxygen atoms in total. The van der Waals surface area contributed by atoms with E-state index in [-0.39, 0.29) is 5.54 Å². The van der Waals surface area contributed by atoms with Crippen LogP contribution >= 0.6 is 27.5 Å². The second-order valence-corrected chi connectivity index (χ2v) is 5.00. The molecular weight excluding hydrogens is 249 g/mol. The Morgan fingerprint density at radius 3 is 2.69 bits per heavy atom. The lowest BCUT2D eigenvalue weighted by Crippen LogP contribution is -2.24. The van der Waals surface area contributed by atoms with Crippen molar-refractivity contribution in [1.82, 2.24) is 0 Å². The first-order chi connectivity index (χ1) is 6.11. The van der Waals surface area contributed by atoms with Gasteiger partial charge in [0.2, 0.25) is 0 Å². The zero-order chi connectivity index (χ0) is 9.47. The summed E-state index contributed by atoms with van der Waals surface area (Å²) >= 11 is 9.57. The van der Waals surface area contributed by atoms with Crippen LogP contribution in [0.5, 0.6) is 0 Å². The minimum absolute atomic E-state index is 0.0213. The lowest BCUT2D eigenvalue weighted by atomic mass is 10.1. The van der Waals surface area contributed by atoms with E-state index in [0.29, 0.717) is 0 Å². The summed E-state index contributed by atoms with van der Waals surface area (Å²) in [5.41, 5.74) is 7.20. The summed E-state index contributed by atoms with van der Waals surface area (Å²) in [6, 6.07) is 5.85. The third-order valence-corrected chi connectivity index (χ3v) is 3.58. The van der Waals surface area contributed by atoms with Crippen molar-refractivity contribution in [3.8, 4) is 0 Å². The van der Waals surface area contributed by atoms with E-state index in [4.69, 9.17) is 17.3 Å². The van der Waals surface area contributed by atoms with Gasteiger partial charge < -0.3 is 5.73 Å². The highest BCUT2D eigenvalue weighted by molar-refractivity contribution is 9.10. The van der Waals surface area contributed by atoms with Gasteiger partial charge in [0.1, 0.15) is 0 Å². The quantitative estimate of drug-likeness (QED) is 0.869. The molecule has 1 aromatic carbocycles. The van der Waals surface area contributed by atoms with Crippen LogP contribution in [0.25, 0.3) is 0 Å². The predicted octanol–water partition coefficient (Wildman–Crippen LogP) is 3.14. The Morgan fingerprint density at radius 2 is 2.15 bits per heavy atom. The molecule has 1 aliphatic rings. The lowest BCUT2D eigenvalue weighted by molar-refractivity contribution is 0.670. The first-order valence-corrected chi connectivity index (χ1v) is 5.50. The number of benzene rings is 1. The zero-order valence-corrected chi connectivity index (χ0v) is 9.53. The molecule has 2 rings (SSSR count). The Morgan fingerprint density at radius 1 is 1.46 bits per heavy atom. The molecule has 70 valence electrons. The molecule has 0 atom stereocenters. The minimum Gasteiger partial charge on any atom is -0.325 e. The topological polar surface area (TPSA) is 26.0 Å². The van der Waals surface area contributed by atoms with Gasteiger partial charge in [0.25, 0.3) is 0 Å². The van der Waals surface area contributed by atoms with Gasteiger partial charge in [-0.3, -0.25) is 0 Å². The standard InChI is InChI=1S/C10H11BrClN/c11-8-2-1-3-9(12)7(8)6-10(13)4-5-10/h1-3H,4-6,13H2. The van der Waals surface area contributed by atoms with Crippen molar-refractivity contribution in [1.29, 1.82) is 0 Å². The van der Waals surface area contributed by atoms with Crippen molar-refractivity contribution in [3.63, 3.8) is 0 Å². The first-order valence-electron chi connectivity index (χ1n) is 4.32. The molecule has 0 bridgehead atoms. The molecular formula is C10H11BrClN. The van der Waals surface area contributed by atoms with E-state index in [0.717, 1.165) is 34.3 Å². The Kier molecular flexibility index (Phi) is 2.39. The fourth-order valence-electron chi connectivity index (χ4n) is 1.39. The van der Waals surface area contributed by atoms with Crippen LogP contribution in [0.2, 0.25) is 5.02 Å². The Hall–Kier alpha value is -0.0500. The summed E-state index contributed by atoms with van der Waals surface area (Å²) < 4.78 is 1.07. The van der Waals surface area contributed by atoms with Gasteiger partial charge in [0, 0.05) is 15.0 Å². The van der Waals surface area contributed by atoms with Crippen LogP contribution in [0.3, 0.4) is 0 Å². The SMILES string of the molecule is NC1(Cc2c(Cl)cccc2Br)CC1. The van der Waals surface area contributed by atoms with Gasteiger partial charge in [0.05, 0.1) is 0 Å². The fourth-order valence-corrected chi connectivity index (χ4v) is 2.25. The van der Waals surface area contributed by atoms with Crippen LogP contribution in [-0.4, -0.2) is 5.54 Å². The first kappa shape index (κ1) is 9.50. The molecule has 0 aromatic heterocycles. The second kappa shape index (κ2) is 3.26. The van der Waals surface area contributed by atoms with Crippen LogP contribution in [0, 0.1) is 0 Å². The van der Waals surface area contributed by atoms with Gasteiger partial charge in [-0.05, 0) is 37.0 Å². The van der Waals surface area contributed by atoms with Gasteiger partial charge in [-0.2, -0.15) is 0 Å². The van der Waals surface area contributed by atoms with Gasteiger partial charge in [0.15, 0.2) is 0 Å². The van der Waals surface area contributed by atoms with Crippen molar-refractivity contribution in [2.45, 2.75) is 24.8 Å². The van der Waals surface area contributed by atoms with Gasteiger partial charge in [-0.25, -0.2) is 0 Å². The highest BCUT2D eigenvalue weighted by atomic mass is 79.9. The molecule has 0 unspecified atom stereocenters. The molecule has 13 heavy (non-hydrogen) atoms. The van der Waals surface area contributed by atoms with E-state index < -0.39 is 0 Å². The van der Waals surface area contributed by atoms with Crippen molar-refractivity contribution in [2.75, 3.05) is 0 Å². The van der Waals surface area contributed by atoms with Crippen molar-refractivity contribution in [2.24, 2.45) is 5.73 Å². The van der Waals surface area contributed by atoms with Gasteiger partial charge >= 0.3 is 0 Å². The molecule has 0 amide bonds. The summed E-state index contributed by atoms with van der Waals surface area (Å²) in [7, 11) is 0. The smallest absolute Gasteiger partial charge is 0.0449 e. The minimum atomic E-state index is 0.0213.